The maximum atomic E-state index is 12.7. The van der Waals surface area contributed by atoms with Gasteiger partial charge >= 0.3 is 6.09 Å². The Morgan fingerprint density at radius 3 is 2.18 bits per heavy atom. The van der Waals surface area contributed by atoms with Crippen LogP contribution < -0.4 is 5.32 Å². The summed E-state index contributed by atoms with van der Waals surface area (Å²) in [5.41, 5.74) is -0.619. The lowest BCUT2D eigenvalue weighted by molar-refractivity contribution is -0.141. The number of hydrogen-bond donors (Lipinski definition) is 1. The Morgan fingerprint density at radius 1 is 1.11 bits per heavy atom. The number of carbonyl (C=O) groups is 4. The topological polar surface area (TPSA) is 99.3 Å². The van der Waals surface area contributed by atoms with Gasteiger partial charge in [0.25, 0.3) is 0 Å². The van der Waals surface area contributed by atoms with Crippen molar-refractivity contribution in [1.29, 1.82) is 0 Å². The second-order valence-corrected chi connectivity index (χ2v) is 8.60. The van der Waals surface area contributed by atoms with Gasteiger partial charge in [-0.25, -0.2) is 4.79 Å². The largest absolute Gasteiger partial charge is 0.444 e. The van der Waals surface area contributed by atoms with Crippen LogP contribution in [0.25, 0.3) is 0 Å². The van der Waals surface area contributed by atoms with E-state index in [0.717, 1.165) is 0 Å². The van der Waals surface area contributed by atoms with Crippen molar-refractivity contribution in [2.24, 2.45) is 5.92 Å². The molecule has 158 valence electrons. The third kappa shape index (κ3) is 5.84. The van der Waals surface area contributed by atoms with Gasteiger partial charge in [-0.05, 0) is 34.6 Å². The molecular formula is C19H32N4O5. The average Bonchev–Trinajstić information content (AvgIpc) is 2.99. The number of rotatable bonds is 4. The number of alkyl carbamates (subject to hydrolysis) is 1. The van der Waals surface area contributed by atoms with Gasteiger partial charge < -0.3 is 24.8 Å². The first kappa shape index (κ1) is 22.0. The Labute approximate surface area is 166 Å². The summed E-state index contributed by atoms with van der Waals surface area (Å²) >= 11 is 0. The molecule has 0 saturated carbocycles. The lowest BCUT2D eigenvalue weighted by Crippen LogP contribution is -2.54. The second-order valence-electron chi connectivity index (χ2n) is 8.60. The smallest absolute Gasteiger partial charge is 0.408 e. The van der Waals surface area contributed by atoms with E-state index in [1.165, 1.54) is 0 Å². The highest BCUT2D eigenvalue weighted by Gasteiger charge is 2.38. The van der Waals surface area contributed by atoms with Gasteiger partial charge in [-0.15, -0.1) is 0 Å². The minimum absolute atomic E-state index is 0.0181. The lowest BCUT2D eigenvalue weighted by atomic mass is 10.1. The molecule has 0 aromatic carbocycles. The Morgan fingerprint density at radius 2 is 1.68 bits per heavy atom. The molecule has 2 aliphatic rings. The highest BCUT2D eigenvalue weighted by molar-refractivity contribution is 5.89. The molecule has 2 rings (SSSR count). The minimum atomic E-state index is -0.629. The van der Waals surface area contributed by atoms with Crippen molar-refractivity contribution in [2.75, 3.05) is 39.3 Å². The van der Waals surface area contributed by atoms with Gasteiger partial charge in [0.05, 0.1) is 5.92 Å². The molecular weight excluding hydrogens is 364 g/mol. The first-order valence-electron chi connectivity index (χ1n) is 9.81. The first-order chi connectivity index (χ1) is 13.0. The van der Waals surface area contributed by atoms with Crippen LogP contribution in [0, 0.1) is 5.92 Å². The van der Waals surface area contributed by atoms with Crippen molar-refractivity contribution < 1.29 is 23.9 Å². The van der Waals surface area contributed by atoms with Crippen molar-refractivity contribution in [3.63, 3.8) is 0 Å². The number of piperazine rings is 1. The van der Waals surface area contributed by atoms with Crippen LogP contribution in [0.15, 0.2) is 0 Å². The average molecular weight is 396 g/mol. The van der Waals surface area contributed by atoms with Gasteiger partial charge in [-0.1, -0.05) is 0 Å². The molecule has 1 atom stereocenters. The van der Waals surface area contributed by atoms with Crippen molar-refractivity contribution in [1.82, 2.24) is 20.0 Å². The van der Waals surface area contributed by atoms with Crippen LogP contribution in [0.5, 0.6) is 0 Å². The zero-order chi connectivity index (χ0) is 21.1. The van der Waals surface area contributed by atoms with Gasteiger partial charge in [0.1, 0.15) is 12.1 Å². The van der Waals surface area contributed by atoms with Gasteiger partial charge in [0.2, 0.25) is 17.7 Å². The van der Waals surface area contributed by atoms with Crippen molar-refractivity contribution in [2.45, 2.75) is 52.7 Å². The SMILES string of the molecule is CC(C)N1CC(C(=O)N2CCN(C(=O)CNC(=O)OC(C)(C)C)CC2)CC1=O. The van der Waals surface area contributed by atoms with E-state index >= 15 is 0 Å². The van der Waals surface area contributed by atoms with E-state index in [4.69, 9.17) is 4.74 Å². The van der Waals surface area contributed by atoms with Crippen molar-refractivity contribution in [3.05, 3.63) is 0 Å². The number of nitrogens with one attached hydrogen (secondary N) is 1. The predicted molar refractivity (Wildman–Crippen MR) is 102 cm³/mol. The minimum Gasteiger partial charge on any atom is -0.444 e. The Hall–Kier alpha value is -2.32. The molecule has 0 aliphatic carbocycles. The molecule has 9 nitrogen and oxygen atoms in total. The number of hydrogen-bond acceptors (Lipinski definition) is 5. The van der Waals surface area contributed by atoms with Crippen LogP contribution in [0.3, 0.4) is 0 Å². The molecule has 2 saturated heterocycles. The summed E-state index contributed by atoms with van der Waals surface area (Å²) in [6, 6.07) is 0.0947. The molecule has 2 fully saturated rings. The molecule has 0 spiro atoms. The molecule has 4 amide bonds. The van der Waals surface area contributed by atoms with E-state index in [-0.39, 0.29) is 42.6 Å². The van der Waals surface area contributed by atoms with E-state index < -0.39 is 11.7 Å². The molecule has 1 unspecified atom stereocenters. The van der Waals surface area contributed by atoms with Crippen LogP contribution in [0.4, 0.5) is 4.79 Å². The number of likely N-dealkylation sites (tertiary alicyclic amines) is 1. The predicted octanol–water partition coefficient (Wildman–Crippen LogP) is 0.439. The third-order valence-electron chi connectivity index (χ3n) is 4.86. The number of carbonyl (C=O) groups excluding carboxylic acids is 4. The third-order valence-corrected chi connectivity index (χ3v) is 4.86. The van der Waals surface area contributed by atoms with E-state index in [1.54, 1.807) is 35.5 Å². The van der Waals surface area contributed by atoms with Crippen LogP contribution in [0.2, 0.25) is 0 Å². The highest BCUT2D eigenvalue weighted by Crippen LogP contribution is 2.22. The molecule has 0 aromatic rings. The van der Waals surface area contributed by atoms with Gasteiger partial charge in [0, 0.05) is 45.2 Å². The Kier molecular flexibility index (Phi) is 6.90. The van der Waals surface area contributed by atoms with E-state index in [2.05, 4.69) is 5.32 Å². The van der Waals surface area contributed by atoms with Gasteiger partial charge in [0.15, 0.2) is 0 Å². The second kappa shape index (κ2) is 8.79. The zero-order valence-corrected chi connectivity index (χ0v) is 17.5. The first-order valence-corrected chi connectivity index (χ1v) is 9.81. The van der Waals surface area contributed by atoms with Gasteiger partial charge in [-0.2, -0.15) is 0 Å². The monoisotopic (exact) mass is 396 g/mol. The fourth-order valence-electron chi connectivity index (χ4n) is 3.40. The Bertz CT molecular complexity index is 620. The normalized spacial score (nSPS) is 20.6. The molecule has 2 aliphatic heterocycles. The van der Waals surface area contributed by atoms with Gasteiger partial charge in [-0.3, -0.25) is 14.4 Å². The van der Waals surface area contributed by atoms with E-state index in [0.29, 0.717) is 32.7 Å². The summed E-state index contributed by atoms with van der Waals surface area (Å²) in [5.74, 6) is -0.503. The van der Waals surface area contributed by atoms with E-state index in [9.17, 15) is 19.2 Å². The summed E-state index contributed by atoms with van der Waals surface area (Å²) in [6.45, 7) is 11.2. The highest BCUT2D eigenvalue weighted by atomic mass is 16.6. The van der Waals surface area contributed by atoms with Crippen LogP contribution in [-0.4, -0.2) is 89.4 Å². The summed E-state index contributed by atoms with van der Waals surface area (Å²) in [4.78, 5) is 53.7. The van der Waals surface area contributed by atoms with Crippen LogP contribution >= 0.6 is 0 Å². The molecule has 9 heteroatoms. The Balaban J connectivity index is 1.76. The molecule has 0 bridgehead atoms. The number of amides is 4. The summed E-state index contributed by atoms with van der Waals surface area (Å²) in [7, 11) is 0. The lowest BCUT2D eigenvalue weighted by Gasteiger charge is -2.36. The molecule has 0 radical (unpaired) electrons. The quantitative estimate of drug-likeness (QED) is 0.743. The molecule has 0 aromatic heterocycles. The molecule has 2 heterocycles. The summed E-state index contributed by atoms with van der Waals surface area (Å²) < 4.78 is 5.11. The number of ether oxygens (including phenoxy) is 1. The fraction of sp³-hybridized carbons (Fsp3) is 0.789. The van der Waals surface area contributed by atoms with E-state index in [1.807, 2.05) is 13.8 Å². The standard InChI is InChI=1S/C19H32N4O5/c1-13(2)23-12-14(10-15(23)24)17(26)22-8-6-21(7-9-22)16(25)11-20-18(27)28-19(3,4)5/h13-14H,6-12H2,1-5H3,(H,20,27). The number of nitrogens with zero attached hydrogens (tertiary/aromatic N) is 3. The summed E-state index contributed by atoms with van der Waals surface area (Å²) in [6.07, 6.45) is -0.369. The zero-order valence-electron chi connectivity index (χ0n) is 17.5. The summed E-state index contributed by atoms with van der Waals surface area (Å²) in [5, 5.41) is 2.46. The molecule has 1 N–H and O–H groups in total. The maximum Gasteiger partial charge on any atom is 0.408 e. The van der Waals surface area contributed by atoms with Crippen LogP contribution in [0.1, 0.15) is 41.0 Å². The molecule has 28 heavy (non-hydrogen) atoms. The van der Waals surface area contributed by atoms with Crippen LogP contribution in [-0.2, 0) is 19.1 Å². The van der Waals surface area contributed by atoms with Crippen molar-refractivity contribution >= 4 is 23.8 Å². The fourth-order valence-corrected chi connectivity index (χ4v) is 3.40. The maximum absolute atomic E-state index is 12.7. The van der Waals surface area contributed by atoms with Crippen molar-refractivity contribution in [3.8, 4) is 0 Å².